The summed E-state index contributed by atoms with van der Waals surface area (Å²) in [7, 11) is 0. The van der Waals surface area contributed by atoms with Crippen LogP contribution in [0.15, 0.2) is 42.5 Å². The molecule has 2 aliphatic rings. The number of para-hydroxylation sites is 1. The quantitative estimate of drug-likeness (QED) is 0.611. The third-order valence-electron chi connectivity index (χ3n) is 5.05. The number of hydrogen-bond donors (Lipinski definition) is 0. The number of likely N-dealkylation sites (tertiary alicyclic amines) is 1. The number of carbonyl (C=O) groups excluding carboxylic acids is 1. The lowest BCUT2D eigenvalue weighted by Crippen LogP contribution is -2.32. The molecule has 1 amide bonds. The molecular formula is C20H20N2O5. The van der Waals surface area contributed by atoms with Crippen LogP contribution < -0.4 is 9.47 Å². The van der Waals surface area contributed by atoms with Crippen LogP contribution in [0.2, 0.25) is 0 Å². The summed E-state index contributed by atoms with van der Waals surface area (Å²) in [5.41, 5.74) is 1.44. The molecular weight excluding hydrogens is 348 g/mol. The Hall–Kier alpha value is -3.09. The average molecular weight is 368 g/mol. The van der Waals surface area contributed by atoms with Gasteiger partial charge in [-0.15, -0.1) is 0 Å². The van der Waals surface area contributed by atoms with Gasteiger partial charge in [0.05, 0.1) is 17.4 Å². The first-order chi connectivity index (χ1) is 13.1. The lowest BCUT2D eigenvalue weighted by atomic mass is 10.0. The number of nitro benzene ring substituents is 1. The lowest BCUT2D eigenvalue weighted by Gasteiger charge is -2.27. The number of ether oxygens (including phenoxy) is 2. The molecule has 0 unspecified atom stereocenters. The first-order valence-electron chi connectivity index (χ1n) is 9.05. The second-order valence-electron chi connectivity index (χ2n) is 6.71. The molecule has 2 aliphatic heterocycles. The number of fused-ring (bicyclic) bond motifs is 1. The van der Waals surface area contributed by atoms with Gasteiger partial charge >= 0.3 is 0 Å². The summed E-state index contributed by atoms with van der Waals surface area (Å²) in [6.07, 6.45) is 1.79. The van der Waals surface area contributed by atoms with Crippen LogP contribution in [0.25, 0.3) is 0 Å². The molecule has 7 heteroatoms. The monoisotopic (exact) mass is 368 g/mol. The van der Waals surface area contributed by atoms with Crippen molar-refractivity contribution in [2.24, 2.45) is 0 Å². The minimum atomic E-state index is -0.440. The van der Waals surface area contributed by atoms with E-state index < -0.39 is 4.92 Å². The number of hydrogen-bond acceptors (Lipinski definition) is 5. The SMILES string of the molecule is O=C(Cc1ccccc1[N+](=O)[O-])N1CCC[C@@H]1c1ccc2c(c1)OCCO2. The van der Waals surface area contributed by atoms with Crippen LogP contribution in [0.4, 0.5) is 5.69 Å². The van der Waals surface area contributed by atoms with Crippen molar-refractivity contribution in [1.29, 1.82) is 0 Å². The predicted molar refractivity (Wildman–Crippen MR) is 97.9 cm³/mol. The maximum absolute atomic E-state index is 12.9. The molecule has 2 aromatic rings. The standard InChI is InChI=1S/C20H20N2O5/c23-20(13-14-4-1-2-5-17(14)22(24)25)21-9-3-6-16(21)15-7-8-18-19(12-15)27-11-10-26-18/h1-2,4-5,7-8,12,16H,3,6,9-11,13H2/t16-/m1/s1. The molecule has 1 saturated heterocycles. The van der Waals surface area contributed by atoms with Crippen LogP contribution in [-0.4, -0.2) is 35.5 Å². The number of benzene rings is 2. The third-order valence-corrected chi connectivity index (χ3v) is 5.05. The zero-order valence-electron chi connectivity index (χ0n) is 14.8. The molecule has 0 aromatic heterocycles. The first kappa shape index (κ1) is 17.3. The van der Waals surface area contributed by atoms with Crippen molar-refractivity contribution in [3.05, 3.63) is 63.7 Å². The summed E-state index contributed by atoms with van der Waals surface area (Å²) < 4.78 is 11.2. The predicted octanol–water partition coefficient (Wildman–Crippen LogP) is 3.27. The van der Waals surface area contributed by atoms with E-state index in [2.05, 4.69) is 0 Å². The van der Waals surface area contributed by atoms with Gasteiger partial charge in [0.1, 0.15) is 13.2 Å². The first-order valence-corrected chi connectivity index (χ1v) is 9.05. The van der Waals surface area contributed by atoms with Gasteiger partial charge in [0.25, 0.3) is 5.69 Å². The fourth-order valence-corrected chi connectivity index (χ4v) is 3.78. The van der Waals surface area contributed by atoms with Gasteiger partial charge in [-0.1, -0.05) is 24.3 Å². The van der Waals surface area contributed by atoms with Crippen LogP contribution in [0, 0.1) is 10.1 Å². The highest BCUT2D eigenvalue weighted by Crippen LogP contribution is 2.38. The Morgan fingerprint density at radius 2 is 1.93 bits per heavy atom. The van der Waals surface area contributed by atoms with Gasteiger partial charge in [0.2, 0.25) is 5.91 Å². The summed E-state index contributed by atoms with van der Waals surface area (Å²) in [5, 5.41) is 11.2. The van der Waals surface area contributed by atoms with E-state index in [-0.39, 0.29) is 24.1 Å². The van der Waals surface area contributed by atoms with Crippen molar-refractivity contribution in [3.63, 3.8) is 0 Å². The Morgan fingerprint density at radius 3 is 2.74 bits per heavy atom. The Morgan fingerprint density at radius 1 is 1.15 bits per heavy atom. The van der Waals surface area contributed by atoms with Crippen molar-refractivity contribution in [2.75, 3.05) is 19.8 Å². The molecule has 140 valence electrons. The summed E-state index contributed by atoms with van der Waals surface area (Å²) in [6.45, 7) is 1.70. The molecule has 7 nitrogen and oxygen atoms in total. The van der Waals surface area contributed by atoms with Gasteiger partial charge in [0.15, 0.2) is 11.5 Å². The van der Waals surface area contributed by atoms with Crippen LogP contribution >= 0.6 is 0 Å². The largest absolute Gasteiger partial charge is 0.486 e. The van der Waals surface area contributed by atoms with Crippen molar-refractivity contribution < 1.29 is 19.2 Å². The smallest absolute Gasteiger partial charge is 0.273 e. The maximum atomic E-state index is 12.9. The van der Waals surface area contributed by atoms with E-state index in [4.69, 9.17) is 9.47 Å². The van der Waals surface area contributed by atoms with Gasteiger partial charge in [0, 0.05) is 18.2 Å². The van der Waals surface area contributed by atoms with Gasteiger partial charge < -0.3 is 14.4 Å². The minimum absolute atomic E-state index is 0.0130. The van der Waals surface area contributed by atoms with Gasteiger partial charge in [-0.25, -0.2) is 0 Å². The fraction of sp³-hybridized carbons (Fsp3) is 0.350. The Labute approximate surface area is 156 Å². The molecule has 4 rings (SSSR count). The number of rotatable bonds is 4. The fourth-order valence-electron chi connectivity index (χ4n) is 3.78. The van der Waals surface area contributed by atoms with Crippen LogP contribution in [0.3, 0.4) is 0 Å². The van der Waals surface area contributed by atoms with Gasteiger partial charge in [-0.3, -0.25) is 14.9 Å². The molecule has 0 N–H and O–H groups in total. The topological polar surface area (TPSA) is 81.9 Å². The number of amides is 1. The minimum Gasteiger partial charge on any atom is -0.486 e. The number of nitrogens with zero attached hydrogens (tertiary/aromatic N) is 2. The molecule has 0 aliphatic carbocycles. The molecule has 0 bridgehead atoms. The van der Waals surface area contributed by atoms with Crippen molar-refractivity contribution in [1.82, 2.24) is 4.90 Å². The van der Waals surface area contributed by atoms with Crippen molar-refractivity contribution in [3.8, 4) is 11.5 Å². The molecule has 1 atom stereocenters. The number of nitro groups is 1. The Bertz CT molecular complexity index is 882. The van der Waals surface area contributed by atoms with Crippen LogP contribution in [0.5, 0.6) is 11.5 Å². The molecule has 1 fully saturated rings. The highest BCUT2D eigenvalue weighted by molar-refractivity contribution is 5.80. The highest BCUT2D eigenvalue weighted by atomic mass is 16.6. The summed E-state index contributed by atoms with van der Waals surface area (Å²) in [6, 6.07) is 12.2. The van der Waals surface area contributed by atoms with E-state index >= 15 is 0 Å². The zero-order valence-corrected chi connectivity index (χ0v) is 14.8. The Kier molecular flexibility index (Phi) is 4.66. The zero-order chi connectivity index (χ0) is 18.8. The Balaban J connectivity index is 1.55. The van der Waals surface area contributed by atoms with Gasteiger partial charge in [-0.05, 0) is 30.5 Å². The molecule has 2 aromatic carbocycles. The van der Waals surface area contributed by atoms with Crippen molar-refractivity contribution >= 4 is 11.6 Å². The van der Waals surface area contributed by atoms with E-state index in [0.29, 0.717) is 31.1 Å². The second kappa shape index (κ2) is 7.26. The van der Waals surface area contributed by atoms with E-state index in [1.165, 1.54) is 6.07 Å². The van der Waals surface area contributed by atoms with E-state index in [1.807, 2.05) is 23.1 Å². The molecule has 2 heterocycles. The van der Waals surface area contributed by atoms with Gasteiger partial charge in [-0.2, -0.15) is 0 Å². The van der Waals surface area contributed by atoms with Crippen LogP contribution in [0.1, 0.15) is 30.0 Å². The number of carbonyl (C=O) groups is 1. The van der Waals surface area contributed by atoms with Crippen LogP contribution in [-0.2, 0) is 11.2 Å². The summed E-state index contributed by atoms with van der Waals surface area (Å²) in [5.74, 6) is 1.33. The molecule has 0 spiro atoms. The average Bonchev–Trinajstić information content (AvgIpc) is 3.18. The molecule has 27 heavy (non-hydrogen) atoms. The van der Waals surface area contributed by atoms with E-state index in [1.54, 1.807) is 18.2 Å². The molecule has 0 saturated carbocycles. The summed E-state index contributed by atoms with van der Waals surface area (Å²) in [4.78, 5) is 25.5. The van der Waals surface area contributed by atoms with E-state index in [9.17, 15) is 14.9 Å². The normalized spacial score (nSPS) is 18.4. The maximum Gasteiger partial charge on any atom is 0.273 e. The lowest BCUT2D eigenvalue weighted by molar-refractivity contribution is -0.385. The van der Waals surface area contributed by atoms with E-state index in [0.717, 1.165) is 24.2 Å². The highest BCUT2D eigenvalue weighted by Gasteiger charge is 2.31. The third kappa shape index (κ3) is 3.45. The summed E-state index contributed by atoms with van der Waals surface area (Å²) >= 11 is 0. The molecule has 0 radical (unpaired) electrons. The van der Waals surface area contributed by atoms with Crippen molar-refractivity contribution in [2.45, 2.75) is 25.3 Å². The second-order valence-corrected chi connectivity index (χ2v) is 6.71.